The average molecular weight is 871 g/mol. The number of ether oxygens (including phenoxy) is 8. The summed E-state index contributed by atoms with van der Waals surface area (Å²) >= 11 is 6.59. The van der Waals surface area contributed by atoms with Gasteiger partial charge >= 0.3 is 7.60 Å². The summed E-state index contributed by atoms with van der Waals surface area (Å²) in [7, 11) is -3.66. The first-order valence-electron chi connectivity index (χ1n) is 20.2. The molecule has 4 saturated heterocycles. The van der Waals surface area contributed by atoms with Crippen LogP contribution in [0.4, 0.5) is 5.82 Å². The number of carbonyl (C=O) groups excluding carboxylic acids is 1. The first-order valence-corrected chi connectivity index (χ1v) is 22.3. The molecule has 330 valence electrons. The first-order chi connectivity index (χ1) is 27.9. The number of carbonyl (C=O) groups is 1. The summed E-state index contributed by atoms with van der Waals surface area (Å²) in [6.45, 7) is 18.9. The molecule has 18 nitrogen and oxygen atoms in total. The molecule has 0 N–H and O–H groups in total. The molecule has 0 saturated carbocycles. The average Bonchev–Trinajstić information content (AvgIpc) is 3.95. The van der Waals surface area contributed by atoms with Crippen molar-refractivity contribution in [2.24, 2.45) is 0 Å². The number of likely N-dealkylation sites (tertiary alicyclic amines) is 1. The van der Waals surface area contributed by atoms with Gasteiger partial charge in [-0.3, -0.25) is 9.36 Å². The van der Waals surface area contributed by atoms with E-state index >= 15 is 0 Å². The van der Waals surface area contributed by atoms with E-state index in [2.05, 4.69) is 20.8 Å². The van der Waals surface area contributed by atoms with Crippen LogP contribution in [0.2, 0.25) is 5.28 Å². The largest absolute Gasteiger partial charge is 0.379 e. The maximum absolute atomic E-state index is 13.8. The number of piperazine rings is 1. The minimum atomic E-state index is -3.66. The van der Waals surface area contributed by atoms with E-state index in [1.54, 1.807) is 10.9 Å². The smallest absolute Gasteiger partial charge is 0.357 e. The van der Waals surface area contributed by atoms with Gasteiger partial charge in [-0.15, -0.1) is 6.42 Å². The standard InChI is InChI=1S/C39H60ClN6O12P/c1-10-12-49-14-16-51-18-19-52-17-15-50-13-11-30(47)44-22-27-20-26(44)23-45(27)33-28-21-41-46(34(28)43-36(40)42-33)35-32-31(55-39(8,9)56-32)29(54-35)24-53-25-59(48,57-37(2,3)4)58-38(5,6)7/h1,21,26-27,29,31-32,35H,11-20,22-25H2,2-9H3/t26-,27-,29+,31+,32+,35+/m0/s1. The molecule has 59 heavy (non-hydrogen) atoms. The van der Waals surface area contributed by atoms with E-state index in [0.29, 0.717) is 76.2 Å². The van der Waals surface area contributed by atoms with E-state index in [1.807, 2.05) is 60.3 Å². The van der Waals surface area contributed by atoms with Gasteiger partial charge in [-0.2, -0.15) is 15.1 Å². The molecule has 0 spiro atoms. The lowest BCUT2D eigenvalue weighted by atomic mass is 10.1. The molecule has 0 aromatic carbocycles. The van der Waals surface area contributed by atoms with E-state index in [4.69, 9.17) is 70.1 Å². The quantitative estimate of drug-likeness (QED) is 0.0737. The third kappa shape index (κ3) is 12.1. The molecule has 6 rings (SSSR count). The van der Waals surface area contributed by atoms with Crippen molar-refractivity contribution >= 4 is 42.0 Å². The number of nitrogens with zero attached hydrogens (tertiary/aromatic N) is 6. The number of anilines is 1. The summed E-state index contributed by atoms with van der Waals surface area (Å²) in [6.07, 6.45) is 5.18. The zero-order valence-electron chi connectivity index (χ0n) is 35.4. The molecule has 6 heterocycles. The van der Waals surface area contributed by atoms with Gasteiger partial charge in [0.2, 0.25) is 11.2 Å². The molecule has 2 bridgehead atoms. The molecule has 0 unspecified atom stereocenters. The number of hydrogen-bond acceptors (Lipinski definition) is 16. The third-order valence-electron chi connectivity index (χ3n) is 9.72. The zero-order chi connectivity index (χ0) is 42.6. The van der Waals surface area contributed by atoms with Gasteiger partial charge in [0.25, 0.3) is 0 Å². The Labute approximate surface area is 351 Å². The number of terminal acetylenes is 1. The highest BCUT2D eigenvalue weighted by Gasteiger charge is 2.57. The minimum Gasteiger partial charge on any atom is -0.379 e. The highest BCUT2D eigenvalue weighted by Crippen LogP contribution is 2.54. The maximum Gasteiger partial charge on any atom is 0.357 e. The van der Waals surface area contributed by atoms with Crippen molar-refractivity contribution < 1.29 is 56.3 Å². The summed E-state index contributed by atoms with van der Waals surface area (Å²) < 4.78 is 74.2. The fraction of sp³-hybridized carbons (Fsp3) is 0.795. The van der Waals surface area contributed by atoms with Gasteiger partial charge in [-0.05, 0) is 73.4 Å². The molecule has 0 radical (unpaired) electrons. The normalized spacial score (nSPS) is 25.4. The second kappa shape index (κ2) is 19.3. The highest BCUT2D eigenvalue weighted by atomic mass is 35.5. The van der Waals surface area contributed by atoms with Gasteiger partial charge in [0.05, 0.1) is 94.1 Å². The van der Waals surface area contributed by atoms with Gasteiger partial charge in [0.15, 0.2) is 17.7 Å². The predicted octanol–water partition coefficient (Wildman–Crippen LogP) is 4.57. The van der Waals surface area contributed by atoms with Crippen molar-refractivity contribution in [3.63, 3.8) is 0 Å². The molecule has 2 aromatic heterocycles. The van der Waals surface area contributed by atoms with Crippen LogP contribution in [0.25, 0.3) is 11.0 Å². The lowest BCUT2D eigenvalue weighted by molar-refractivity contribution is -0.202. The maximum atomic E-state index is 13.8. The molecular formula is C39H60ClN6O12P. The highest BCUT2D eigenvalue weighted by molar-refractivity contribution is 7.53. The van der Waals surface area contributed by atoms with Crippen LogP contribution in [0.1, 0.15) is 74.5 Å². The third-order valence-corrected chi connectivity index (χ3v) is 12.0. The van der Waals surface area contributed by atoms with Gasteiger partial charge < -0.3 is 56.7 Å². The Morgan fingerprint density at radius 3 is 2.15 bits per heavy atom. The molecule has 0 aliphatic carbocycles. The fourth-order valence-electron chi connectivity index (χ4n) is 7.79. The number of aromatic nitrogens is 4. The van der Waals surface area contributed by atoms with E-state index in [-0.39, 0.29) is 49.3 Å². The van der Waals surface area contributed by atoms with Crippen molar-refractivity contribution in [3.8, 4) is 12.3 Å². The Morgan fingerprint density at radius 1 is 0.915 bits per heavy atom. The molecule has 6 atom stereocenters. The Hall–Kier alpha value is -2.50. The topological polar surface area (TPSA) is 177 Å². The van der Waals surface area contributed by atoms with Crippen LogP contribution < -0.4 is 4.90 Å². The Bertz CT molecular complexity index is 1810. The fourth-order valence-corrected chi connectivity index (χ4v) is 10.1. The van der Waals surface area contributed by atoms with Crippen LogP contribution in [0.15, 0.2) is 6.20 Å². The molecule has 4 aliphatic rings. The van der Waals surface area contributed by atoms with E-state index in [1.165, 1.54) is 0 Å². The summed E-state index contributed by atoms with van der Waals surface area (Å²) in [4.78, 5) is 26.6. The lowest BCUT2D eigenvalue weighted by Gasteiger charge is -2.35. The second-order valence-corrected chi connectivity index (χ2v) is 19.6. The van der Waals surface area contributed by atoms with Crippen LogP contribution in [-0.2, 0) is 56.3 Å². The minimum absolute atomic E-state index is 0.0236. The Morgan fingerprint density at radius 2 is 1.54 bits per heavy atom. The van der Waals surface area contributed by atoms with E-state index in [0.717, 1.165) is 6.42 Å². The van der Waals surface area contributed by atoms with Crippen LogP contribution in [0, 0.1) is 12.3 Å². The van der Waals surface area contributed by atoms with Crippen molar-refractivity contribution in [1.82, 2.24) is 24.6 Å². The lowest BCUT2D eigenvalue weighted by Crippen LogP contribution is -2.49. The van der Waals surface area contributed by atoms with E-state index in [9.17, 15) is 9.36 Å². The number of hydrogen-bond donors (Lipinski definition) is 0. The van der Waals surface area contributed by atoms with Crippen molar-refractivity contribution in [2.45, 2.75) is 122 Å². The van der Waals surface area contributed by atoms with Crippen molar-refractivity contribution in [3.05, 3.63) is 11.5 Å². The molecule has 4 aliphatic heterocycles. The van der Waals surface area contributed by atoms with Gasteiger partial charge in [-0.1, -0.05) is 5.92 Å². The molecular weight excluding hydrogens is 811 g/mol. The summed E-state index contributed by atoms with van der Waals surface area (Å²) in [5.41, 5.74) is -0.987. The van der Waals surface area contributed by atoms with Crippen LogP contribution >= 0.6 is 19.2 Å². The predicted molar refractivity (Wildman–Crippen MR) is 216 cm³/mol. The molecule has 20 heteroatoms. The number of amides is 1. The van der Waals surface area contributed by atoms with Crippen molar-refractivity contribution in [1.29, 1.82) is 0 Å². The van der Waals surface area contributed by atoms with Gasteiger partial charge in [-0.25, -0.2) is 4.68 Å². The Balaban J connectivity index is 1.03. The molecule has 1 amide bonds. The SMILES string of the molecule is C#CCOCCOCCOCCOCCC(=O)N1C[C@@H]2C[C@H]1CN2c1nc(Cl)nc2c1cnn2[C@@H]1O[C@H](COCP(=O)(OC(C)(C)C)OC(C)(C)C)[C@H]2OC(C)(C)O[C@H]21. The van der Waals surface area contributed by atoms with Crippen LogP contribution in [0.3, 0.4) is 0 Å². The zero-order valence-corrected chi connectivity index (χ0v) is 37.1. The first kappa shape index (κ1) is 46.0. The van der Waals surface area contributed by atoms with Gasteiger partial charge in [0, 0.05) is 13.1 Å². The van der Waals surface area contributed by atoms with Crippen LogP contribution in [-0.4, -0.2) is 157 Å². The Kier molecular flexibility index (Phi) is 15.0. The second-order valence-electron chi connectivity index (χ2n) is 17.4. The summed E-state index contributed by atoms with van der Waals surface area (Å²) in [6, 6.07) is 0.0684. The summed E-state index contributed by atoms with van der Waals surface area (Å²) in [5.74, 6) is 2.18. The monoisotopic (exact) mass is 870 g/mol. The van der Waals surface area contributed by atoms with Crippen LogP contribution in [0.5, 0.6) is 0 Å². The van der Waals surface area contributed by atoms with Gasteiger partial charge in [0.1, 0.15) is 37.1 Å². The molecule has 4 fully saturated rings. The van der Waals surface area contributed by atoms with Crippen molar-refractivity contribution in [2.75, 3.05) is 83.8 Å². The number of rotatable bonds is 21. The summed E-state index contributed by atoms with van der Waals surface area (Å²) in [5, 5.41) is 5.46. The number of halogens is 1. The number of fused-ring (bicyclic) bond motifs is 4. The van der Waals surface area contributed by atoms with E-state index < -0.39 is 49.1 Å². The molecule has 2 aromatic rings.